The summed E-state index contributed by atoms with van der Waals surface area (Å²) >= 11 is 0. The summed E-state index contributed by atoms with van der Waals surface area (Å²) in [5.74, 6) is 0.00640. The molecule has 1 aliphatic heterocycles. The number of carbonyl (C=O) groups is 1. The first-order chi connectivity index (χ1) is 10.1. The van der Waals surface area contributed by atoms with Gasteiger partial charge in [0.2, 0.25) is 0 Å². The van der Waals surface area contributed by atoms with E-state index in [1.807, 2.05) is 32.2 Å². The standard InChI is InChI=1S/C17H27N3O/c1-13-7-8-16(18-3)15(11-13)17(21)19-12-14(2)20-9-5-4-6-10-20/h7-8,11,14,18H,4-6,9-10,12H2,1-3H3,(H,19,21). The molecule has 1 amide bonds. The van der Waals surface area contributed by atoms with Gasteiger partial charge in [0.15, 0.2) is 0 Å². The molecule has 116 valence electrons. The van der Waals surface area contributed by atoms with Crippen molar-refractivity contribution in [1.29, 1.82) is 0 Å². The van der Waals surface area contributed by atoms with Crippen molar-refractivity contribution in [1.82, 2.24) is 10.2 Å². The predicted octanol–water partition coefficient (Wildman–Crippen LogP) is 2.64. The summed E-state index contributed by atoms with van der Waals surface area (Å²) in [5.41, 5.74) is 2.70. The van der Waals surface area contributed by atoms with E-state index >= 15 is 0 Å². The number of carbonyl (C=O) groups excluding carboxylic acids is 1. The van der Waals surface area contributed by atoms with E-state index in [4.69, 9.17) is 0 Å². The molecule has 0 radical (unpaired) electrons. The molecule has 1 heterocycles. The van der Waals surface area contributed by atoms with Gasteiger partial charge in [0.25, 0.3) is 5.91 Å². The van der Waals surface area contributed by atoms with Crippen molar-refractivity contribution in [3.63, 3.8) is 0 Å². The molecule has 1 unspecified atom stereocenters. The van der Waals surface area contributed by atoms with Gasteiger partial charge in [0, 0.05) is 25.3 Å². The van der Waals surface area contributed by atoms with Gasteiger partial charge in [-0.25, -0.2) is 0 Å². The highest BCUT2D eigenvalue weighted by molar-refractivity contribution is 5.99. The zero-order chi connectivity index (χ0) is 15.2. The number of nitrogens with zero attached hydrogens (tertiary/aromatic N) is 1. The monoisotopic (exact) mass is 289 g/mol. The molecule has 0 saturated carbocycles. The minimum Gasteiger partial charge on any atom is -0.387 e. The molecule has 1 fully saturated rings. The maximum absolute atomic E-state index is 12.4. The van der Waals surface area contributed by atoms with Gasteiger partial charge in [-0.1, -0.05) is 18.1 Å². The van der Waals surface area contributed by atoms with Crippen LogP contribution in [0.3, 0.4) is 0 Å². The first-order valence-electron chi connectivity index (χ1n) is 7.92. The highest BCUT2D eigenvalue weighted by Gasteiger charge is 2.18. The molecule has 2 N–H and O–H groups in total. The van der Waals surface area contributed by atoms with Gasteiger partial charge in [-0.15, -0.1) is 0 Å². The lowest BCUT2D eigenvalue weighted by Gasteiger charge is -2.32. The average Bonchev–Trinajstić information content (AvgIpc) is 2.53. The van der Waals surface area contributed by atoms with Crippen LogP contribution in [-0.4, -0.2) is 43.5 Å². The smallest absolute Gasteiger partial charge is 0.253 e. The largest absolute Gasteiger partial charge is 0.387 e. The van der Waals surface area contributed by atoms with E-state index in [-0.39, 0.29) is 5.91 Å². The maximum atomic E-state index is 12.4. The topological polar surface area (TPSA) is 44.4 Å². The zero-order valence-electron chi connectivity index (χ0n) is 13.4. The molecular formula is C17H27N3O. The predicted molar refractivity (Wildman–Crippen MR) is 87.9 cm³/mol. The summed E-state index contributed by atoms with van der Waals surface area (Å²) < 4.78 is 0. The van der Waals surface area contributed by atoms with Crippen LogP contribution in [0.15, 0.2) is 18.2 Å². The Balaban J connectivity index is 1.93. The Bertz CT molecular complexity index is 481. The summed E-state index contributed by atoms with van der Waals surface area (Å²) in [4.78, 5) is 14.9. The summed E-state index contributed by atoms with van der Waals surface area (Å²) in [6.07, 6.45) is 3.89. The second-order valence-electron chi connectivity index (χ2n) is 5.95. The van der Waals surface area contributed by atoms with Gasteiger partial charge in [-0.05, 0) is 51.9 Å². The lowest BCUT2D eigenvalue weighted by Crippen LogP contribution is -2.44. The first kappa shape index (κ1) is 15.8. The zero-order valence-corrected chi connectivity index (χ0v) is 13.4. The molecule has 4 heteroatoms. The fraction of sp³-hybridized carbons (Fsp3) is 0.588. The number of nitrogens with one attached hydrogen (secondary N) is 2. The van der Waals surface area contributed by atoms with Crippen molar-refractivity contribution in [2.45, 2.75) is 39.2 Å². The van der Waals surface area contributed by atoms with Crippen molar-refractivity contribution in [2.75, 3.05) is 32.0 Å². The Hall–Kier alpha value is -1.55. The third kappa shape index (κ3) is 4.21. The van der Waals surface area contributed by atoms with Crippen LogP contribution >= 0.6 is 0 Å². The number of likely N-dealkylation sites (tertiary alicyclic amines) is 1. The van der Waals surface area contributed by atoms with Crippen LogP contribution in [0.4, 0.5) is 5.69 Å². The van der Waals surface area contributed by atoms with E-state index < -0.39 is 0 Å². The van der Waals surface area contributed by atoms with Crippen LogP contribution in [0.25, 0.3) is 0 Å². The molecule has 1 aliphatic rings. The Labute approximate surface area is 127 Å². The van der Waals surface area contributed by atoms with Crippen LogP contribution in [0.2, 0.25) is 0 Å². The number of amides is 1. The van der Waals surface area contributed by atoms with Gasteiger partial charge < -0.3 is 10.6 Å². The van der Waals surface area contributed by atoms with Crippen molar-refractivity contribution < 1.29 is 4.79 Å². The molecule has 0 spiro atoms. The lowest BCUT2D eigenvalue weighted by molar-refractivity contribution is 0.0930. The minimum atomic E-state index is 0.00640. The molecule has 0 bridgehead atoms. The van der Waals surface area contributed by atoms with Gasteiger partial charge in [0.05, 0.1) is 5.56 Å². The van der Waals surface area contributed by atoms with Crippen LogP contribution in [0, 0.1) is 6.92 Å². The van der Waals surface area contributed by atoms with Crippen molar-refractivity contribution in [3.05, 3.63) is 29.3 Å². The van der Waals surface area contributed by atoms with Crippen molar-refractivity contribution in [2.24, 2.45) is 0 Å². The normalized spacial score (nSPS) is 17.3. The molecule has 0 aliphatic carbocycles. The van der Waals surface area contributed by atoms with Crippen LogP contribution in [0.1, 0.15) is 42.1 Å². The molecule has 1 aromatic rings. The molecule has 21 heavy (non-hydrogen) atoms. The molecule has 1 saturated heterocycles. The highest BCUT2D eigenvalue weighted by Crippen LogP contribution is 2.17. The van der Waals surface area contributed by atoms with Crippen molar-refractivity contribution in [3.8, 4) is 0 Å². The Kier molecular flexibility index (Phi) is 5.62. The Morgan fingerprint density at radius 3 is 2.67 bits per heavy atom. The van der Waals surface area contributed by atoms with Gasteiger partial charge >= 0.3 is 0 Å². The molecule has 1 atom stereocenters. The molecule has 1 aromatic carbocycles. The molecule has 2 rings (SSSR count). The number of rotatable bonds is 5. The molecular weight excluding hydrogens is 262 g/mol. The summed E-state index contributed by atoms with van der Waals surface area (Å²) in [5, 5.41) is 6.16. The third-order valence-electron chi connectivity index (χ3n) is 4.26. The van der Waals surface area contributed by atoms with E-state index in [1.54, 1.807) is 0 Å². The van der Waals surface area contributed by atoms with Crippen LogP contribution in [-0.2, 0) is 0 Å². The van der Waals surface area contributed by atoms with E-state index in [2.05, 4.69) is 22.5 Å². The molecule has 0 aromatic heterocycles. The van der Waals surface area contributed by atoms with E-state index in [9.17, 15) is 4.79 Å². The summed E-state index contributed by atoms with van der Waals surface area (Å²) in [6.45, 7) is 7.22. The minimum absolute atomic E-state index is 0.00640. The molecule has 4 nitrogen and oxygen atoms in total. The van der Waals surface area contributed by atoms with E-state index in [0.29, 0.717) is 12.6 Å². The number of aryl methyl sites for hydroxylation is 1. The van der Waals surface area contributed by atoms with Gasteiger partial charge in [-0.2, -0.15) is 0 Å². The van der Waals surface area contributed by atoms with Gasteiger partial charge in [-0.3, -0.25) is 9.69 Å². The maximum Gasteiger partial charge on any atom is 0.253 e. The second-order valence-corrected chi connectivity index (χ2v) is 5.95. The van der Waals surface area contributed by atoms with E-state index in [1.165, 1.54) is 19.3 Å². The fourth-order valence-electron chi connectivity index (χ4n) is 2.89. The average molecular weight is 289 g/mol. The van der Waals surface area contributed by atoms with Crippen LogP contribution < -0.4 is 10.6 Å². The number of piperidine rings is 1. The summed E-state index contributed by atoms with van der Waals surface area (Å²) in [7, 11) is 1.85. The SMILES string of the molecule is CNc1ccc(C)cc1C(=O)NCC(C)N1CCCCC1. The van der Waals surface area contributed by atoms with Gasteiger partial charge in [0.1, 0.15) is 0 Å². The number of anilines is 1. The number of benzene rings is 1. The first-order valence-corrected chi connectivity index (χ1v) is 7.92. The van der Waals surface area contributed by atoms with Crippen molar-refractivity contribution >= 4 is 11.6 Å². The Morgan fingerprint density at radius 2 is 2.00 bits per heavy atom. The quantitative estimate of drug-likeness (QED) is 0.876. The van der Waals surface area contributed by atoms with Crippen LogP contribution in [0.5, 0.6) is 0 Å². The summed E-state index contributed by atoms with van der Waals surface area (Å²) in [6, 6.07) is 6.31. The Morgan fingerprint density at radius 1 is 1.29 bits per heavy atom. The lowest BCUT2D eigenvalue weighted by atomic mass is 10.1. The third-order valence-corrected chi connectivity index (χ3v) is 4.26. The highest BCUT2D eigenvalue weighted by atomic mass is 16.1. The number of hydrogen-bond acceptors (Lipinski definition) is 3. The second kappa shape index (κ2) is 7.46. The fourth-order valence-corrected chi connectivity index (χ4v) is 2.89. The van der Waals surface area contributed by atoms with E-state index in [0.717, 1.165) is 29.9 Å². The number of hydrogen-bond donors (Lipinski definition) is 2.